The van der Waals surface area contributed by atoms with Crippen molar-refractivity contribution in [2.45, 2.75) is 0 Å². The van der Waals surface area contributed by atoms with Gasteiger partial charge in [-0.05, 0) is 83.7 Å². The third kappa shape index (κ3) is 5.49. The van der Waals surface area contributed by atoms with Crippen LogP contribution >= 0.6 is 35.4 Å². The van der Waals surface area contributed by atoms with Crippen LogP contribution in [0.3, 0.4) is 0 Å². The van der Waals surface area contributed by atoms with Crippen molar-refractivity contribution >= 4 is 80.1 Å². The smallest absolute Gasteiger partial charge is 0.250 e. The van der Waals surface area contributed by atoms with E-state index in [0.29, 0.717) is 49.8 Å². The van der Waals surface area contributed by atoms with E-state index < -0.39 is 5.91 Å². The number of nitrogens with one attached hydrogen (secondary N) is 2. The number of fused-ring (bicyclic) bond motifs is 2. The molecule has 0 atom stereocenters. The first kappa shape index (κ1) is 25.8. The molecule has 0 spiro atoms. The van der Waals surface area contributed by atoms with Crippen molar-refractivity contribution in [3.63, 3.8) is 0 Å². The molecule has 9 heteroatoms. The van der Waals surface area contributed by atoms with Crippen LogP contribution in [-0.4, -0.2) is 16.0 Å². The maximum absolute atomic E-state index is 12.4. The predicted molar refractivity (Wildman–Crippen MR) is 165 cm³/mol. The van der Waals surface area contributed by atoms with Crippen molar-refractivity contribution < 1.29 is 13.6 Å². The maximum atomic E-state index is 12.4. The van der Waals surface area contributed by atoms with Crippen LogP contribution < -0.4 is 10.6 Å². The fraction of sp³-hybridized carbons (Fsp3) is 0. The Labute approximate surface area is 244 Å². The monoisotopic (exact) mass is 583 g/mol. The zero-order valence-corrected chi connectivity index (χ0v) is 23.0. The molecule has 0 radical (unpaired) electrons. The fourth-order valence-corrected chi connectivity index (χ4v) is 5.00. The average Bonchev–Trinajstić information content (AvgIpc) is 3.58. The quantitative estimate of drug-likeness (QED) is 0.156. The lowest BCUT2D eigenvalue weighted by atomic mass is 10.0. The molecule has 0 saturated heterocycles. The molecule has 0 fully saturated rings. The van der Waals surface area contributed by atoms with E-state index in [1.165, 1.54) is 6.08 Å². The summed E-state index contributed by atoms with van der Waals surface area (Å²) < 4.78 is 11.8. The van der Waals surface area contributed by atoms with Gasteiger partial charge in [0.1, 0.15) is 17.0 Å². The summed E-state index contributed by atoms with van der Waals surface area (Å²) in [5.41, 5.74) is 3.59. The number of anilines is 1. The van der Waals surface area contributed by atoms with Gasteiger partial charge in [-0.2, -0.15) is 0 Å². The van der Waals surface area contributed by atoms with Gasteiger partial charge in [0.05, 0.1) is 5.02 Å². The second-order valence-electron chi connectivity index (χ2n) is 8.83. The molecule has 0 unspecified atom stereocenters. The van der Waals surface area contributed by atoms with Crippen LogP contribution in [-0.2, 0) is 4.79 Å². The van der Waals surface area contributed by atoms with Crippen LogP contribution in [0.15, 0.2) is 106 Å². The molecule has 0 aliphatic carbocycles. The number of hydrogen-bond donors (Lipinski definition) is 2. The number of rotatable bonds is 5. The van der Waals surface area contributed by atoms with Gasteiger partial charge < -0.3 is 14.2 Å². The number of amides is 1. The standard InChI is InChI=1S/C31H19Cl2N3O3S/c32-19-8-12-24(25(33)16-19)27-14-10-21(38-27)11-15-29(37)36-31(40)34-20-9-13-28-26(17-20)35-30(39-28)23-7-3-5-18-4-1-2-6-22(18)23/h1-17H,(H2,34,36,37,40)/b15-11+. The Balaban J connectivity index is 1.11. The van der Waals surface area contributed by atoms with E-state index >= 15 is 0 Å². The molecule has 2 N–H and O–H groups in total. The van der Waals surface area contributed by atoms with Crippen LogP contribution in [0, 0.1) is 0 Å². The zero-order valence-electron chi connectivity index (χ0n) is 20.7. The van der Waals surface area contributed by atoms with E-state index in [4.69, 9.17) is 44.3 Å². The Bertz CT molecular complexity index is 1940. The van der Waals surface area contributed by atoms with E-state index in [-0.39, 0.29) is 5.11 Å². The molecule has 0 aliphatic rings. The summed E-state index contributed by atoms with van der Waals surface area (Å²) in [7, 11) is 0. The van der Waals surface area contributed by atoms with E-state index in [0.717, 1.165) is 16.3 Å². The lowest BCUT2D eigenvalue weighted by molar-refractivity contribution is -0.115. The Morgan fingerprint density at radius 2 is 1.73 bits per heavy atom. The van der Waals surface area contributed by atoms with E-state index in [2.05, 4.69) is 27.8 Å². The SMILES string of the molecule is O=C(/C=C/c1ccc(-c2ccc(Cl)cc2Cl)o1)NC(=S)Nc1ccc2oc(-c3cccc4ccccc34)nc2c1. The number of benzene rings is 4. The molecule has 6 aromatic rings. The Hall–Kier alpha value is -4.43. The Morgan fingerprint density at radius 3 is 2.60 bits per heavy atom. The molecular weight excluding hydrogens is 565 g/mol. The fourth-order valence-electron chi connectivity index (χ4n) is 4.28. The average molecular weight is 584 g/mol. The van der Waals surface area contributed by atoms with Crippen molar-refractivity contribution in [3.8, 4) is 22.8 Å². The third-order valence-corrected chi connectivity index (χ3v) is 6.88. The second-order valence-corrected chi connectivity index (χ2v) is 10.1. The molecule has 1 amide bonds. The third-order valence-electron chi connectivity index (χ3n) is 6.12. The minimum atomic E-state index is -0.416. The highest BCUT2D eigenvalue weighted by molar-refractivity contribution is 7.80. The number of carbonyl (C=O) groups excluding carboxylic acids is 1. The lowest BCUT2D eigenvalue weighted by Gasteiger charge is -2.07. The highest BCUT2D eigenvalue weighted by atomic mass is 35.5. The number of nitrogens with zero attached hydrogens (tertiary/aromatic N) is 1. The minimum absolute atomic E-state index is 0.139. The lowest BCUT2D eigenvalue weighted by Crippen LogP contribution is -2.32. The first-order chi connectivity index (χ1) is 19.4. The summed E-state index contributed by atoms with van der Waals surface area (Å²) in [6.45, 7) is 0. The summed E-state index contributed by atoms with van der Waals surface area (Å²) in [5.74, 6) is 1.16. The second kappa shape index (κ2) is 11.0. The maximum Gasteiger partial charge on any atom is 0.250 e. The molecule has 6 rings (SSSR count). The summed E-state index contributed by atoms with van der Waals surface area (Å²) in [4.78, 5) is 17.1. The van der Waals surface area contributed by atoms with Gasteiger partial charge in [0.15, 0.2) is 10.7 Å². The van der Waals surface area contributed by atoms with Gasteiger partial charge in [0.2, 0.25) is 11.8 Å². The first-order valence-electron chi connectivity index (χ1n) is 12.2. The van der Waals surface area contributed by atoms with Crippen LogP contribution in [0.5, 0.6) is 0 Å². The number of furan rings is 1. The van der Waals surface area contributed by atoms with Gasteiger partial charge >= 0.3 is 0 Å². The molecule has 0 saturated carbocycles. The molecule has 40 heavy (non-hydrogen) atoms. The van der Waals surface area contributed by atoms with E-state index in [9.17, 15) is 4.79 Å². The van der Waals surface area contributed by atoms with Crippen molar-refractivity contribution in [3.05, 3.63) is 113 Å². The molecule has 0 aliphatic heterocycles. The van der Waals surface area contributed by atoms with Gasteiger partial charge in [-0.3, -0.25) is 10.1 Å². The van der Waals surface area contributed by atoms with Crippen LogP contribution in [0.25, 0.3) is 50.7 Å². The van der Waals surface area contributed by atoms with E-state index in [1.54, 1.807) is 42.5 Å². The summed E-state index contributed by atoms with van der Waals surface area (Å²) in [6.07, 6.45) is 2.87. The summed E-state index contributed by atoms with van der Waals surface area (Å²) >= 11 is 17.5. The van der Waals surface area contributed by atoms with Crippen molar-refractivity contribution in [2.75, 3.05) is 5.32 Å². The first-order valence-corrected chi connectivity index (χ1v) is 13.3. The van der Waals surface area contributed by atoms with Gasteiger partial charge in [0, 0.05) is 27.9 Å². The van der Waals surface area contributed by atoms with Gasteiger partial charge in [0.25, 0.3) is 0 Å². The molecule has 2 aromatic heterocycles. The topological polar surface area (TPSA) is 80.3 Å². The highest BCUT2D eigenvalue weighted by Gasteiger charge is 2.13. The number of thiocarbonyl (C=S) groups is 1. The van der Waals surface area contributed by atoms with Crippen molar-refractivity contribution in [1.29, 1.82) is 0 Å². The molecule has 2 heterocycles. The number of oxazole rings is 1. The summed E-state index contributed by atoms with van der Waals surface area (Å²) in [5, 5.41) is 8.96. The van der Waals surface area contributed by atoms with Crippen molar-refractivity contribution in [2.24, 2.45) is 0 Å². The number of hydrogen-bond acceptors (Lipinski definition) is 5. The minimum Gasteiger partial charge on any atom is -0.457 e. The van der Waals surface area contributed by atoms with Crippen molar-refractivity contribution in [1.82, 2.24) is 10.3 Å². The molecule has 4 aromatic carbocycles. The van der Waals surface area contributed by atoms with Gasteiger partial charge in [-0.25, -0.2) is 4.98 Å². The molecule has 0 bridgehead atoms. The summed E-state index contributed by atoms with van der Waals surface area (Å²) in [6, 6.07) is 28.2. The highest BCUT2D eigenvalue weighted by Crippen LogP contribution is 2.33. The van der Waals surface area contributed by atoms with Crippen LogP contribution in [0.2, 0.25) is 10.0 Å². The molecule has 196 valence electrons. The zero-order chi connectivity index (χ0) is 27.6. The number of aromatic nitrogens is 1. The Morgan fingerprint density at radius 1 is 0.875 bits per heavy atom. The number of carbonyl (C=O) groups is 1. The van der Waals surface area contributed by atoms with Gasteiger partial charge in [-0.15, -0.1) is 0 Å². The van der Waals surface area contributed by atoms with Crippen LogP contribution in [0.1, 0.15) is 5.76 Å². The normalized spacial score (nSPS) is 11.3. The van der Waals surface area contributed by atoms with Crippen LogP contribution in [0.4, 0.5) is 5.69 Å². The number of halogens is 2. The van der Waals surface area contributed by atoms with Gasteiger partial charge in [-0.1, -0.05) is 59.6 Å². The molecular formula is C31H19Cl2N3O3S. The largest absolute Gasteiger partial charge is 0.457 e. The molecule has 6 nitrogen and oxygen atoms in total. The predicted octanol–water partition coefficient (Wildman–Crippen LogP) is 8.74. The Kier molecular flexibility index (Phi) is 7.09. The van der Waals surface area contributed by atoms with E-state index in [1.807, 2.05) is 42.5 Å².